The van der Waals surface area contributed by atoms with Crippen LogP contribution < -0.4 is 5.32 Å². The zero-order valence-electron chi connectivity index (χ0n) is 13.5. The van der Waals surface area contributed by atoms with Gasteiger partial charge in [0.15, 0.2) is 0 Å². The van der Waals surface area contributed by atoms with E-state index in [2.05, 4.69) is 47.4 Å². The van der Waals surface area contributed by atoms with Crippen LogP contribution >= 0.6 is 0 Å². The smallest absolute Gasteiger partial charge is 0.126 e. The van der Waals surface area contributed by atoms with Crippen LogP contribution in [-0.4, -0.2) is 28.5 Å². The molecule has 1 saturated heterocycles. The molecule has 1 aliphatic carbocycles. The summed E-state index contributed by atoms with van der Waals surface area (Å²) >= 11 is 0. The first-order chi connectivity index (χ1) is 10.2. The van der Waals surface area contributed by atoms with Gasteiger partial charge in [0, 0.05) is 24.3 Å². The van der Waals surface area contributed by atoms with Crippen LogP contribution in [0.2, 0.25) is 0 Å². The molecule has 0 spiro atoms. The predicted molar refractivity (Wildman–Crippen MR) is 88.5 cm³/mol. The van der Waals surface area contributed by atoms with Crippen molar-refractivity contribution in [3.8, 4) is 0 Å². The molecule has 0 aromatic carbocycles. The van der Waals surface area contributed by atoms with E-state index in [1.165, 1.54) is 57.1 Å². The van der Waals surface area contributed by atoms with E-state index < -0.39 is 0 Å². The second kappa shape index (κ2) is 6.78. The first kappa shape index (κ1) is 14.8. The van der Waals surface area contributed by atoms with E-state index in [0.29, 0.717) is 18.1 Å². The number of likely N-dealkylation sites (tertiary alicyclic amines) is 1. The molecule has 1 atom stereocenters. The molecule has 0 amide bonds. The van der Waals surface area contributed by atoms with Crippen molar-refractivity contribution < 1.29 is 0 Å². The molecule has 1 unspecified atom stereocenters. The summed E-state index contributed by atoms with van der Waals surface area (Å²) in [5, 5.41) is 3.58. The number of rotatable bonds is 4. The van der Waals surface area contributed by atoms with Crippen molar-refractivity contribution in [3.63, 3.8) is 0 Å². The van der Waals surface area contributed by atoms with Gasteiger partial charge in [-0.1, -0.05) is 25.3 Å². The number of hydrogen-bond acceptors (Lipinski definition) is 3. The summed E-state index contributed by atoms with van der Waals surface area (Å²) in [5.74, 6) is 1.05. The maximum Gasteiger partial charge on any atom is 0.126 e. The third-order valence-corrected chi connectivity index (χ3v) is 5.09. The molecular formula is C18H29N3. The summed E-state index contributed by atoms with van der Waals surface area (Å²) in [5.41, 5.74) is 1.39. The molecule has 1 saturated carbocycles. The number of pyridine rings is 1. The van der Waals surface area contributed by atoms with Gasteiger partial charge < -0.3 is 5.32 Å². The van der Waals surface area contributed by atoms with Crippen LogP contribution in [0.15, 0.2) is 18.3 Å². The highest BCUT2D eigenvalue weighted by Gasteiger charge is 2.26. The van der Waals surface area contributed by atoms with Gasteiger partial charge in [-0.15, -0.1) is 0 Å². The number of nitrogens with zero attached hydrogens (tertiary/aromatic N) is 2. The molecule has 3 nitrogen and oxygen atoms in total. The number of anilines is 1. The molecule has 21 heavy (non-hydrogen) atoms. The number of hydrogen-bond donors (Lipinski definition) is 1. The molecule has 1 aromatic rings. The zero-order valence-corrected chi connectivity index (χ0v) is 13.5. The number of nitrogens with one attached hydrogen (secondary N) is 1. The Morgan fingerprint density at radius 1 is 1.10 bits per heavy atom. The van der Waals surface area contributed by atoms with Crippen LogP contribution in [0.25, 0.3) is 0 Å². The predicted octanol–water partition coefficient (Wildman–Crippen LogP) is 4.37. The maximum atomic E-state index is 4.67. The normalized spacial score (nSPS) is 24.6. The highest BCUT2D eigenvalue weighted by molar-refractivity contribution is 5.37. The largest absolute Gasteiger partial charge is 0.367 e. The fourth-order valence-electron chi connectivity index (χ4n) is 3.90. The lowest BCUT2D eigenvalue weighted by Crippen LogP contribution is -2.38. The topological polar surface area (TPSA) is 28.2 Å². The van der Waals surface area contributed by atoms with Crippen LogP contribution in [0.3, 0.4) is 0 Å². The van der Waals surface area contributed by atoms with Gasteiger partial charge in [-0.05, 0) is 57.7 Å². The van der Waals surface area contributed by atoms with Gasteiger partial charge in [0.25, 0.3) is 0 Å². The Balaban J connectivity index is 1.67. The molecule has 2 aliphatic rings. The van der Waals surface area contributed by atoms with Gasteiger partial charge in [-0.25, -0.2) is 4.98 Å². The van der Waals surface area contributed by atoms with Gasteiger partial charge in [-0.2, -0.15) is 0 Å². The van der Waals surface area contributed by atoms with Gasteiger partial charge in [0.1, 0.15) is 5.82 Å². The van der Waals surface area contributed by atoms with Crippen LogP contribution in [0.4, 0.5) is 5.82 Å². The molecule has 0 radical (unpaired) electrons. The molecule has 3 rings (SSSR count). The summed E-state index contributed by atoms with van der Waals surface area (Å²) in [4.78, 5) is 7.30. The van der Waals surface area contributed by atoms with Crippen molar-refractivity contribution in [2.75, 3.05) is 11.9 Å². The molecule has 1 N–H and O–H groups in total. The third kappa shape index (κ3) is 3.57. The molecule has 0 bridgehead atoms. The maximum absolute atomic E-state index is 4.67. The van der Waals surface area contributed by atoms with Crippen molar-refractivity contribution in [2.24, 2.45) is 0 Å². The van der Waals surface area contributed by atoms with Gasteiger partial charge in [-0.3, -0.25) is 4.90 Å². The third-order valence-electron chi connectivity index (χ3n) is 5.09. The van der Waals surface area contributed by atoms with Gasteiger partial charge in [0.05, 0.1) is 0 Å². The summed E-state index contributed by atoms with van der Waals surface area (Å²) in [6, 6.07) is 6.29. The fraction of sp³-hybridized carbons (Fsp3) is 0.722. The van der Waals surface area contributed by atoms with Crippen molar-refractivity contribution in [1.82, 2.24) is 9.88 Å². The van der Waals surface area contributed by atoms with Crippen molar-refractivity contribution in [1.29, 1.82) is 0 Å². The number of aromatic nitrogens is 1. The molecular weight excluding hydrogens is 258 g/mol. The Morgan fingerprint density at radius 3 is 2.52 bits per heavy atom. The van der Waals surface area contributed by atoms with Crippen molar-refractivity contribution >= 4 is 5.82 Å². The quantitative estimate of drug-likeness (QED) is 0.891. The van der Waals surface area contributed by atoms with Crippen molar-refractivity contribution in [3.05, 3.63) is 23.9 Å². The highest BCUT2D eigenvalue weighted by atomic mass is 15.2. The molecule has 1 aliphatic heterocycles. The second-order valence-electron chi connectivity index (χ2n) is 6.95. The first-order valence-electron chi connectivity index (χ1n) is 8.72. The standard InChI is InChI=1S/C18H29N3/c1-14(2)21-12-6-5-9-17(21)15-10-11-18(19-13-15)20-16-7-3-4-8-16/h10-11,13-14,16-17H,3-9,12H2,1-2H3,(H,19,20). The van der Waals surface area contributed by atoms with E-state index >= 15 is 0 Å². The molecule has 2 fully saturated rings. The fourth-order valence-corrected chi connectivity index (χ4v) is 3.90. The van der Waals surface area contributed by atoms with Crippen LogP contribution in [-0.2, 0) is 0 Å². The zero-order chi connectivity index (χ0) is 14.7. The minimum atomic E-state index is 0.562. The lowest BCUT2D eigenvalue weighted by Gasteiger charge is -2.38. The molecule has 3 heteroatoms. The Bertz CT molecular complexity index is 434. The van der Waals surface area contributed by atoms with E-state index in [9.17, 15) is 0 Å². The number of piperidine rings is 1. The van der Waals surface area contributed by atoms with E-state index in [1.807, 2.05) is 0 Å². The lowest BCUT2D eigenvalue weighted by atomic mass is 9.95. The Morgan fingerprint density at radius 2 is 1.86 bits per heavy atom. The molecule has 2 heterocycles. The van der Waals surface area contributed by atoms with E-state index in [1.54, 1.807) is 0 Å². The highest BCUT2D eigenvalue weighted by Crippen LogP contribution is 2.32. The van der Waals surface area contributed by atoms with Crippen LogP contribution in [0, 0.1) is 0 Å². The molecule has 1 aromatic heterocycles. The summed E-state index contributed by atoms with van der Waals surface area (Å²) < 4.78 is 0. The Hall–Kier alpha value is -1.09. The van der Waals surface area contributed by atoms with E-state index in [0.717, 1.165) is 5.82 Å². The molecule has 116 valence electrons. The Labute approximate surface area is 129 Å². The van der Waals surface area contributed by atoms with Crippen LogP contribution in [0.5, 0.6) is 0 Å². The average Bonchev–Trinajstić information content (AvgIpc) is 3.01. The van der Waals surface area contributed by atoms with Crippen LogP contribution in [0.1, 0.15) is 70.4 Å². The van der Waals surface area contributed by atoms with Crippen molar-refractivity contribution in [2.45, 2.75) is 76.9 Å². The monoisotopic (exact) mass is 287 g/mol. The summed E-state index contributed by atoms with van der Waals surface area (Å²) in [6.07, 6.45) is 11.4. The Kier molecular flexibility index (Phi) is 4.79. The summed E-state index contributed by atoms with van der Waals surface area (Å²) in [6.45, 7) is 5.84. The average molecular weight is 287 g/mol. The summed E-state index contributed by atoms with van der Waals surface area (Å²) in [7, 11) is 0. The minimum absolute atomic E-state index is 0.562. The second-order valence-corrected chi connectivity index (χ2v) is 6.95. The SMILES string of the molecule is CC(C)N1CCCCC1c1ccc(NC2CCCC2)nc1. The van der Waals surface area contributed by atoms with E-state index in [4.69, 9.17) is 0 Å². The first-order valence-corrected chi connectivity index (χ1v) is 8.72. The minimum Gasteiger partial charge on any atom is -0.367 e. The van der Waals surface area contributed by atoms with Gasteiger partial charge >= 0.3 is 0 Å². The lowest BCUT2D eigenvalue weighted by molar-refractivity contribution is 0.112. The van der Waals surface area contributed by atoms with E-state index in [-0.39, 0.29) is 0 Å². The van der Waals surface area contributed by atoms with Gasteiger partial charge in [0.2, 0.25) is 0 Å².